The fraction of sp³-hybridized carbons (Fsp3) is 0.543. The van der Waals surface area contributed by atoms with E-state index < -0.39 is 0 Å². The molecule has 0 radical (unpaired) electrons. The number of rotatable bonds is 5. The Morgan fingerprint density at radius 1 is 0.958 bits per heavy atom. The van der Waals surface area contributed by atoms with Crippen molar-refractivity contribution in [2.75, 3.05) is 57.0 Å². The zero-order valence-corrected chi connectivity index (χ0v) is 29.8. The summed E-state index contributed by atoms with van der Waals surface area (Å²) in [5.41, 5.74) is 4.03. The van der Waals surface area contributed by atoms with Crippen LogP contribution < -0.4 is 20.3 Å². The van der Waals surface area contributed by atoms with Crippen molar-refractivity contribution < 1.29 is 9.53 Å². The number of aryl methyl sites for hydroxylation is 1. The first-order valence-electron chi connectivity index (χ1n) is 16.9. The number of likely N-dealkylation sites (N-methyl/N-ethyl adjacent to an activating group) is 2. The van der Waals surface area contributed by atoms with Crippen molar-refractivity contribution >= 4 is 35.9 Å². The summed E-state index contributed by atoms with van der Waals surface area (Å²) < 4.78 is 10.5. The number of aromatic nitrogens is 5. The molecule has 0 unspecified atom stereocenters. The van der Waals surface area contributed by atoms with Gasteiger partial charge in [-0.25, -0.2) is 4.79 Å². The monoisotopic (exact) mass is 676 g/mol. The smallest absolute Gasteiger partial charge is 0.320 e. The van der Waals surface area contributed by atoms with Gasteiger partial charge in [-0.05, 0) is 63.0 Å². The maximum absolute atomic E-state index is 13.1. The van der Waals surface area contributed by atoms with Crippen molar-refractivity contribution in [3.8, 4) is 5.75 Å². The van der Waals surface area contributed by atoms with Crippen molar-refractivity contribution in [2.45, 2.75) is 69.6 Å². The minimum atomic E-state index is -0.246. The van der Waals surface area contributed by atoms with E-state index >= 15 is 0 Å². The van der Waals surface area contributed by atoms with E-state index in [1.165, 1.54) is 0 Å². The number of carbonyl (C=O) groups is 1. The Morgan fingerprint density at radius 3 is 2.44 bits per heavy atom. The molecule has 1 aliphatic carbocycles. The molecule has 0 bridgehead atoms. The molecule has 3 aliphatic rings. The second-order valence-corrected chi connectivity index (χ2v) is 14.7. The number of piperazine rings is 1. The molecule has 2 saturated heterocycles. The summed E-state index contributed by atoms with van der Waals surface area (Å²) in [5.74, 6) is 2.31. The maximum atomic E-state index is 13.1. The summed E-state index contributed by atoms with van der Waals surface area (Å²) in [6.45, 7) is 11.6. The van der Waals surface area contributed by atoms with Crippen molar-refractivity contribution in [1.82, 2.24) is 39.5 Å². The number of ether oxygens (including phenoxy) is 1. The first-order valence-corrected chi connectivity index (χ1v) is 16.9. The van der Waals surface area contributed by atoms with Gasteiger partial charge in [0.25, 0.3) is 0 Å². The Balaban J connectivity index is 0.00000401. The molecule has 48 heavy (non-hydrogen) atoms. The van der Waals surface area contributed by atoms with Crippen LogP contribution in [0.4, 0.5) is 16.6 Å². The molecule has 7 rings (SSSR count). The molecule has 2 N–H and O–H groups in total. The van der Waals surface area contributed by atoms with Gasteiger partial charge in [0.15, 0.2) is 5.65 Å². The predicted octanol–water partition coefficient (Wildman–Crippen LogP) is 5.18. The molecule has 2 fully saturated rings. The molecule has 5 heterocycles. The number of amides is 2. The quantitative estimate of drug-likeness (QED) is 0.298. The fourth-order valence-corrected chi connectivity index (χ4v) is 7.52. The Morgan fingerprint density at radius 2 is 1.71 bits per heavy atom. The summed E-state index contributed by atoms with van der Waals surface area (Å²) in [6.07, 6.45) is 5.62. The van der Waals surface area contributed by atoms with Crippen molar-refractivity contribution in [2.24, 2.45) is 7.05 Å². The molecule has 2 amide bonds. The van der Waals surface area contributed by atoms with Gasteiger partial charge in [-0.1, -0.05) is 45.0 Å². The Hall–Kier alpha value is -3.87. The second-order valence-electron chi connectivity index (χ2n) is 14.7. The van der Waals surface area contributed by atoms with Crippen LogP contribution in [-0.2, 0) is 12.5 Å². The summed E-state index contributed by atoms with van der Waals surface area (Å²) in [7, 11) is 6.36. The molecule has 1 spiro atoms. The lowest BCUT2D eigenvalue weighted by molar-refractivity contribution is 0.00926. The van der Waals surface area contributed by atoms with Crippen LogP contribution in [0.5, 0.6) is 5.75 Å². The standard InChI is InChI=1S/C35H48N10O2.ClH/c1-34(2,3)29-21-31(43(6)40-29)37-32(46)36-27-12-13-28(26-10-8-7-9-25(26)27)47-24-11-14-30-38-39-33(45(30)22-24)44-17-15-35(16-18-44)23-41(4)19-20-42(35)5;/h7-11,14,21-22,27-28H,12-13,15-20,23H2,1-6H3,(H2,36,37,46);1H/t27-,28+;/m0./s1. The van der Waals surface area contributed by atoms with Crippen LogP contribution >= 0.6 is 12.4 Å². The number of anilines is 2. The third kappa shape index (κ3) is 6.57. The largest absolute Gasteiger partial charge is 0.484 e. The first-order chi connectivity index (χ1) is 22.5. The van der Waals surface area contributed by atoms with Crippen LogP contribution in [0.2, 0.25) is 0 Å². The van der Waals surface area contributed by atoms with E-state index in [2.05, 4.69) is 92.0 Å². The van der Waals surface area contributed by atoms with E-state index in [-0.39, 0.29) is 41.5 Å². The third-order valence-corrected chi connectivity index (χ3v) is 10.4. The normalized spacial score (nSPS) is 21.5. The Kier molecular flexibility index (Phi) is 9.36. The van der Waals surface area contributed by atoms with Crippen LogP contribution in [0.25, 0.3) is 5.65 Å². The number of hydrogen-bond donors (Lipinski definition) is 2. The molecule has 0 saturated carbocycles. The number of nitrogens with one attached hydrogen (secondary N) is 2. The third-order valence-electron chi connectivity index (χ3n) is 10.4. The summed E-state index contributed by atoms with van der Waals surface area (Å²) >= 11 is 0. The van der Waals surface area contributed by atoms with E-state index in [1.54, 1.807) is 4.68 Å². The van der Waals surface area contributed by atoms with Gasteiger partial charge < -0.3 is 19.9 Å². The van der Waals surface area contributed by atoms with Crippen LogP contribution in [0.15, 0.2) is 48.7 Å². The molecule has 4 aromatic rings. The number of carbonyl (C=O) groups excluding carboxylic acids is 1. The molecule has 258 valence electrons. The number of halogens is 1. The van der Waals surface area contributed by atoms with Crippen molar-refractivity contribution in [3.05, 3.63) is 65.5 Å². The molecule has 2 aliphatic heterocycles. The Bertz CT molecular complexity index is 1760. The van der Waals surface area contributed by atoms with E-state index in [1.807, 2.05) is 43.6 Å². The van der Waals surface area contributed by atoms with Crippen LogP contribution in [0, 0.1) is 0 Å². The highest BCUT2D eigenvalue weighted by Crippen LogP contribution is 2.39. The minimum absolute atomic E-state index is 0. The molecule has 2 atom stereocenters. The van der Waals surface area contributed by atoms with Gasteiger partial charge in [0.05, 0.1) is 17.9 Å². The van der Waals surface area contributed by atoms with Crippen LogP contribution in [-0.4, -0.2) is 92.6 Å². The zero-order chi connectivity index (χ0) is 32.9. The van der Waals surface area contributed by atoms with Gasteiger partial charge in [-0.15, -0.1) is 22.6 Å². The molecule has 12 nitrogen and oxygen atoms in total. The number of piperidine rings is 1. The molecule has 13 heteroatoms. The van der Waals surface area contributed by atoms with Crippen molar-refractivity contribution in [1.29, 1.82) is 0 Å². The predicted molar refractivity (Wildman–Crippen MR) is 190 cm³/mol. The first kappa shape index (κ1) is 34.0. The van der Waals surface area contributed by atoms with Crippen LogP contribution in [0.1, 0.15) is 75.4 Å². The number of hydrogen-bond acceptors (Lipinski definition) is 8. The lowest BCUT2D eigenvalue weighted by Crippen LogP contribution is -2.63. The second kappa shape index (κ2) is 13.2. The number of nitrogens with zero attached hydrogens (tertiary/aromatic N) is 8. The minimum Gasteiger partial charge on any atom is -0.484 e. The number of benzene rings is 1. The van der Waals surface area contributed by atoms with Gasteiger partial charge in [0.2, 0.25) is 5.95 Å². The average molecular weight is 677 g/mol. The molecule has 1 aromatic carbocycles. The van der Waals surface area contributed by atoms with Gasteiger partial charge in [0.1, 0.15) is 17.7 Å². The topological polar surface area (TPSA) is 108 Å². The summed E-state index contributed by atoms with van der Waals surface area (Å²) in [6, 6.07) is 13.8. The number of pyridine rings is 1. The molecular formula is C35H49ClN10O2. The van der Waals surface area contributed by atoms with E-state index in [0.717, 1.165) is 92.6 Å². The summed E-state index contributed by atoms with van der Waals surface area (Å²) in [5, 5.41) is 19.9. The lowest BCUT2D eigenvalue weighted by atomic mass is 9.84. The lowest BCUT2D eigenvalue weighted by Gasteiger charge is -2.52. The zero-order valence-electron chi connectivity index (χ0n) is 28.9. The van der Waals surface area contributed by atoms with Gasteiger partial charge >= 0.3 is 6.03 Å². The van der Waals surface area contributed by atoms with Gasteiger partial charge in [-0.3, -0.25) is 19.3 Å². The SMILES string of the molecule is CN1CCN(C)C2(CCN(c3nnc4ccc(O[C@@H]5CC[C@H](NC(=O)Nc6cc(C(C)(C)C)nn6C)c6ccccc65)cn34)CC2)C1.Cl. The Labute approximate surface area is 289 Å². The van der Waals surface area contributed by atoms with E-state index in [4.69, 9.17) is 4.74 Å². The van der Waals surface area contributed by atoms with E-state index in [9.17, 15) is 4.79 Å². The summed E-state index contributed by atoms with van der Waals surface area (Å²) in [4.78, 5) is 20.5. The highest BCUT2D eigenvalue weighted by atomic mass is 35.5. The number of fused-ring (bicyclic) bond motifs is 2. The maximum Gasteiger partial charge on any atom is 0.320 e. The highest BCUT2D eigenvalue weighted by molar-refractivity contribution is 5.88. The van der Waals surface area contributed by atoms with Crippen molar-refractivity contribution in [3.63, 3.8) is 0 Å². The molecular weight excluding hydrogens is 628 g/mol. The highest BCUT2D eigenvalue weighted by Gasteiger charge is 2.42. The van der Waals surface area contributed by atoms with Gasteiger partial charge in [-0.2, -0.15) is 5.10 Å². The average Bonchev–Trinajstić information content (AvgIpc) is 3.64. The molecule has 3 aromatic heterocycles. The fourth-order valence-electron chi connectivity index (χ4n) is 7.52. The number of urea groups is 1. The van der Waals surface area contributed by atoms with Crippen LogP contribution in [0.3, 0.4) is 0 Å². The van der Waals surface area contributed by atoms with Gasteiger partial charge in [0, 0.05) is 56.8 Å². The van der Waals surface area contributed by atoms with E-state index in [0.29, 0.717) is 5.82 Å².